The van der Waals surface area contributed by atoms with Crippen LogP contribution in [0.25, 0.3) is 11.3 Å². The van der Waals surface area contributed by atoms with Gasteiger partial charge in [0.1, 0.15) is 24.6 Å². The molecule has 2 heterocycles. The lowest BCUT2D eigenvalue weighted by Crippen LogP contribution is -3.00. The van der Waals surface area contributed by atoms with Crippen LogP contribution in [-0.2, 0) is 23.6 Å². The van der Waals surface area contributed by atoms with E-state index >= 15 is 0 Å². The maximum Gasteiger partial charge on any atom is 0.442 e. The monoisotopic (exact) mass is 551 g/mol. The van der Waals surface area contributed by atoms with E-state index in [-0.39, 0.29) is 35.6 Å². The average molecular weight is 552 g/mol. The van der Waals surface area contributed by atoms with E-state index in [1.54, 1.807) is 41.1 Å². The number of aliphatic carboxylic acids is 1. The summed E-state index contributed by atoms with van der Waals surface area (Å²) in [4.78, 5) is 10.7. The molecule has 12 heteroatoms. The molecule has 0 fully saturated rings. The van der Waals surface area contributed by atoms with E-state index in [1.165, 1.54) is 12.1 Å². The number of carboxylic acid groups (broad SMARTS) is 1. The van der Waals surface area contributed by atoms with Crippen molar-refractivity contribution < 1.29 is 49.5 Å². The molecule has 1 aliphatic rings. The van der Waals surface area contributed by atoms with Crippen LogP contribution >= 0.6 is 0 Å². The highest BCUT2D eigenvalue weighted by atomic mass is 79.9. The van der Waals surface area contributed by atoms with Crippen molar-refractivity contribution in [1.29, 1.82) is 0 Å². The minimum Gasteiger partial charge on any atom is -1.00 e. The fourth-order valence-electron chi connectivity index (χ4n) is 3.35. The Kier molecular flexibility index (Phi) is 7.73. The number of nitrogen functional groups attached to an aromatic ring is 1. The Hall–Kier alpha value is -3.54. The first-order valence-electron chi connectivity index (χ1n) is 10.4. The topological polar surface area (TPSA) is 114 Å². The summed E-state index contributed by atoms with van der Waals surface area (Å²) < 4.78 is 46.6. The number of anilines is 1. The van der Waals surface area contributed by atoms with Crippen LogP contribution in [0.1, 0.15) is 24.0 Å². The number of rotatable bonds is 9. The average Bonchev–Trinajstić information content (AvgIpc) is 3.62. The molecule has 3 N–H and O–H groups in total. The number of nitrogens with zero attached hydrogens (tertiary/aromatic N) is 4. The number of nitrogens with two attached hydrogens (primary N) is 1. The van der Waals surface area contributed by atoms with Crippen molar-refractivity contribution in [2.24, 2.45) is 10.2 Å². The van der Waals surface area contributed by atoms with Gasteiger partial charge in [-0.25, -0.2) is 0 Å². The first-order chi connectivity index (χ1) is 16.2. The lowest BCUT2D eigenvalue weighted by molar-refractivity contribution is -0.739. The number of aromatic nitrogens is 2. The van der Waals surface area contributed by atoms with E-state index in [0.717, 1.165) is 5.56 Å². The van der Waals surface area contributed by atoms with Crippen LogP contribution in [0.5, 0.6) is 5.75 Å². The van der Waals surface area contributed by atoms with Gasteiger partial charge in [0.15, 0.2) is 0 Å². The first-order valence-corrected chi connectivity index (χ1v) is 10.4. The Morgan fingerprint density at radius 2 is 1.69 bits per heavy atom. The Balaban J connectivity index is 0.00000342. The highest BCUT2D eigenvalue weighted by molar-refractivity contribution is 5.66. The summed E-state index contributed by atoms with van der Waals surface area (Å²) in [7, 11) is 0. The molecular weight excluding hydrogens is 531 g/mol. The summed E-state index contributed by atoms with van der Waals surface area (Å²) in [5, 5.41) is 19.7. The highest BCUT2D eigenvalue weighted by Gasteiger charge is 2.65. The number of halogens is 4. The minimum atomic E-state index is -4.55. The van der Waals surface area contributed by atoms with Gasteiger partial charge < -0.3 is 26.8 Å². The second-order valence-electron chi connectivity index (χ2n) is 7.74. The maximum absolute atomic E-state index is 13.1. The quantitative estimate of drug-likeness (QED) is 0.388. The standard InChI is InChI=1S/C23H20F3N5O3.BrH/c24-23(25,26)22(29-30-22)17-7-3-15(4-8-17)14-34-18-9-5-16(6-10-18)19-11-12-20(27)31(28-19)13-1-2-21(32)33;/h3-12,27H,1-2,13-14H2,(H,32,33);1H. The number of hydrogen-bond acceptors (Lipinski definition) is 6. The van der Waals surface area contributed by atoms with Gasteiger partial charge in [-0.3, -0.25) is 10.5 Å². The molecule has 0 radical (unpaired) electrons. The molecule has 0 saturated heterocycles. The van der Waals surface area contributed by atoms with Crippen LogP contribution in [0.2, 0.25) is 0 Å². The van der Waals surface area contributed by atoms with Gasteiger partial charge in [0.2, 0.25) is 0 Å². The molecule has 35 heavy (non-hydrogen) atoms. The number of alkyl halides is 3. The Morgan fingerprint density at radius 1 is 1.03 bits per heavy atom. The largest absolute Gasteiger partial charge is 1.00 e. The lowest BCUT2D eigenvalue weighted by Gasteiger charge is -2.15. The molecule has 1 aliphatic heterocycles. The van der Waals surface area contributed by atoms with E-state index in [4.69, 9.17) is 15.6 Å². The molecule has 0 aliphatic carbocycles. The first kappa shape index (κ1) is 26.1. The molecule has 2 aromatic carbocycles. The molecule has 0 unspecified atom stereocenters. The molecule has 0 spiro atoms. The van der Waals surface area contributed by atoms with Gasteiger partial charge in [-0.2, -0.15) is 13.2 Å². The molecule has 0 atom stereocenters. The number of carboxylic acids is 1. The van der Waals surface area contributed by atoms with Crippen LogP contribution in [0.15, 0.2) is 70.9 Å². The predicted octanol–water partition coefficient (Wildman–Crippen LogP) is 1.25. The predicted molar refractivity (Wildman–Crippen MR) is 115 cm³/mol. The van der Waals surface area contributed by atoms with Crippen molar-refractivity contribution in [3.05, 3.63) is 71.8 Å². The SMILES string of the molecule is Nc1ccc(-c2ccc(OCc3ccc(C4(C(F)(F)F)N=N4)cc3)cc2)n[n+]1CCCC(=O)O.[Br-]. The molecule has 0 bridgehead atoms. The maximum atomic E-state index is 13.1. The van der Waals surface area contributed by atoms with E-state index < -0.39 is 17.8 Å². The van der Waals surface area contributed by atoms with Gasteiger partial charge in [-0.1, -0.05) is 29.4 Å². The van der Waals surface area contributed by atoms with Crippen LogP contribution in [-0.4, -0.2) is 22.4 Å². The zero-order chi connectivity index (χ0) is 24.3. The Morgan fingerprint density at radius 3 is 2.26 bits per heavy atom. The molecule has 4 rings (SSSR count). The van der Waals surface area contributed by atoms with Crippen LogP contribution in [0, 0.1) is 0 Å². The molecule has 0 amide bonds. The lowest BCUT2D eigenvalue weighted by atomic mass is 10.0. The van der Waals surface area contributed by atoms with E-state index in [0.29, 0.717) is 35.8 Å². The summed E-state index contributed by atoms with van der Waals surface area (Å²) in [6.45, 7) is 0.564. The number of carbonyl (C=O) groups is 1. The third kappa shape index (κ3) is 5.94. The Labute approximate surface area is 209 Å². The van der Waals surface area contributed by atoms with Gasteiger partial charge in [0.25, 0.3) is 5.82 Å². The van der Waals surface area contributed by atoms with Crippen LogP contribution in [0.4, 0.5) is 19.0 Å². The zero-order valence-corrected chi connectivity index (χ0v) is 19.8. The van der Waals surface area contributed by atoms with Crippen molar-refractivity contribution in [1.82, 2.24) is 5.10 Å². The number of benzene rings is 2. The second kappa shape index (κ2) is 10.4. The second-order valence-corrected chi connectivity index (χ2v) is 7.74. The van der Waals surface area contributed by atoms with Crippen LogP contribution in [0.3, 0.4) is 0 Å². The zero-order valence-electron chi connectivity index (χ0n) is 18.2. The number of ether oxygens (including phenoxy) is 1. The van der Waals surface area contributed by atoms with Crippen molar-refractivity contribution in [3.8, 4) is 17.0 Å². The normalized spacial score (nSPS) is 13.7. The molecule has 0 saturated carbocycles. The minimum absolute atomic E-state index is 0. The van der Waals surface area contributed by atoms with E-state index in [9.17, 15) is 18.0 Å². The number of aryl methyl sites for hydroxylation is 1. The Bertz CT molecular complexity index is 1210. The summed E-state index contributed by atoms with van der Waals surface area (Å²) in [5.41, 5.74) is 5.67. The van der Waals surface area contributed by atoms with Crippen molar-refractivity contribution in [2.75, 3.05) is 5.73 Å². The van der Waals surface area contributed by atoms with Gasteiger partial charge in [-0.15, -0.1) is 14.9 Å². The highest BCUT2D eigenvalue weighted by Crippen LogP contribution is 2.52. The fraction of sp³-hybridized carbons (Fsp3) is 0.261. The van der Waals surface area contributed by atoms with Crippen molar-refractivity contribution in [2.45, 2.75) is 37.8 Å². The molecular formula is C23H21BrF3N5O3. The van der Waals surface area contributed by atoms with Gasteiger partial charge in [-0.05, 0) is 42.3 Å². The van der Waals surface area contributed by atoms with Crippen molar-refractivity contribution >= 4 is 11.8 Å². The summed E-state index contributed by atoms with van der Waals surface area (Å²) >= 11 is 0. The molecule has 3 aromatic rings. The molecule has 1 aromatic heterocycles. The number of hydrogen-bond donors (Lipinski definition) is 2. The van der Waals surface area contributed by atoms with Gasteiger partial charge in [0, 0.05) is 23.6 Å². The summed E-state index contributed by atoms with van der Waals surface area (Å²) in [5.74, 6) is 0.142. The third-order valence-corrected chi connectivity index (χ3v) is 5.31. The van der Waals surface area contributed by atoms with Gasteiger partial charge in [0.05, 0.1) is 0 Å². The van der Waals surface area contributed by atoms with E-state index in [2.05, 4.69) is 15.3 Å². The van der Waals surface area contributed by atoms with Crippen molar-refractivity contribution in [3.63, 3.8) is 0 Å². The van der Waals surface area contributed by atoms with E-state index in [1.807, 2.05) is 12.1 Å². The summed E-state index contributed by atoms with van der Waals surface area (Å²) in [6.07, 6.45) is -4.11. The van der Waals surface area contributed by atoms with Gasteiger partial charge >= 0.3 is 17.8 Å². The van der Waals surface area contributed by atoms with Crippen LogP contribution < -0.4 is 32.1 Å². The molecule has 184 valence electrons. The molecule has 8 nitrogen and oxygen atoms in total. The fourth-order valence-corrected chi connectivity index (χ4v) is 3.35. The smallest absolute Gasteiger partial charge is 0.442 e. The summed E-state index contributed by atoms with van der Waals surface area (Å²) in [6, 6.07) is 16.5. The third-order valence-electron chi connectivity index (χ3n) is 5.31.